The fourth-order valence-corrected chi connectivity index (χ4v) is 6.52. The SMILES string of the molecule is O=C(Nn1ncc2cc(S(=O)(=O)c3cccc(F)c3)ccc21)c1cccc(N2CCOCC2)c1NC1CCOCC1. The van der Waals surface area contributed by atoms with Crippen molar-refractivity contribution >= 4 is 38.0 Å². The van der Waals surface area contributed by atoms with Gasteiger partial charge in [-0.15, -0.1) is 0 Å². The summed E-state index contributed by atoms with van der Waals surface area (Å²) in [5.74, 6) is -0.998. The predicted molar refractivity (Wildman–Crippen MR) is 152 cm³/mol. The van der Waals surface area contributed by atoms with E-state index >= 15 is 0 Å². The number of hydrogen-bond acceptors (Lipinski definition) is 8. The molecule has 6 rings (SSSR count). The lowest BCUT2D eigenvalue weighted by Crippen LogP contribution is -2.38. The largest absolute Gasteiger partial charge is 0.381 e. The third-order valence-electron chi connectivity index (χ3n) is 7.37. The zero-order chi connectivity index (χ0) is 28.4. The molecular formula is C29H30FN5O5S. The summed E-state index contributed by atoms with van der Waals surface area (Å²) < 4.78 is 50.9. The van der Waals surface area contributed by atoms with E-state index in [4.69, 9.17) is 9.47 Å². The molecule has 2 N–H and O–H groups in total. The van der Waals surface area contributed by atoms with Crippen LogP contribution in [0.5, 0.6) is 0 Å². The van der Waals surface area contributed by atoms with Gasteiger partial charge in [-0.1, -0.05) is 12.1 Å². The van der Waals surface area contributed by atoms with E-state index in [1.165, 1.54) is 41.3 Å². The topological polar surface area (TPSA) is 115 Å². The lowest BCUT2D eigenvalue weighted by Gasteiger charge is -2.33. The maximum absolute atomic E-state index is 13.7. The van der Waals surface area contributed by atoms with Crippen LogP contribution in [0.25, 0.3) is 10.9 Å². The van der Waals surface area contributed by atoms with Crippen LogP contribution in [-0.4, -0.2) is 69.8 Å². The summed E-state index contributed by atoms with van der Waals surface area (Å²) in [6.07, 6.45) is 3.15. The Morgan fingerprint density at radius 2 is 1.66 bits per heavy atom. The van der Waals surface area contributed by atoms with Crippen LogP contribution in [0.4, 0.5) is 15.8 Å². The Morgan fingerprint density at radius 1 is 0.927 bits per heavy atom. The minimum Gasteiger partial charge on any atom is -0.381 e. The maximum Gasteiger partial charge on any atom is 0.273 e. The molecule has 10 nitrogen and oxygen atoms in total. The summed E-state index contributed by atoms with van der Waals surface area (Å²) in [6, 6.07) is 15.1. The van der Waals surface area contributed by atoms with Gasteiger partial charge in [0.05, 0.1) is 51.7 Å². The molecule has 0 aliphatic carbocycles. The highest BCUT2D eigenvalue weighted by Gasteiger charge is 2.25. The third-order valence-corrected chi connectivity index (χ3v) is 9.12. The van der Waals surface area contributed by atoms with E-state index in [1.807, 2.05) is 12.1 Å². The van der Waals surface area contributed by atoms with Crippen LogP contribution in [0.15, 0.2) is 76.7 Å². The number of nitrogens with zero attached hydrogens (tertiary/aromatic N) is 3. The van der Waals surface area contributed by atoms with Crippen LogP contribution in [0.3, 0.4) is 0 Å². The van der Waals surface area contributed by atoms with Crippen molar-refractivity contribution in [1.82, 2.24) is 9.89 Å². The van der Waals surface area contributed by atoms with Gasteiger partial charge in [0, 0.05) is 37.7 Å². The Hall–Kier alpha value is -4.00. The van der Waals surface area contributed by atoms with Gasteiger partial charge < -0.3 is 19.7 Å². The van der Waals surface area contributed by atoms with E-state index in [0.29, 0.717) is 42.9 Å². The highest BCUT2D eigenvalue weighted by molar-refractivity contribution is 7.91. The molecule has 0 unspecified atom stereocenters. The molecule has 2 saturated heterocycles. The second-order valence-electron chi connectivity index (χ2n) is 10.0. The molecule has 3 aromatic carbocycles. The van der Waals surface area contributed by atoms with Crippen molar-refractivity contribution in [2.24, 2.45) is 0 Å². The summed E-state index contributed by atoms with van der Waals surface area (Å²) >= 11 is 0. The average Bonchev–Trinajstić information content (AvgIpc) is 3.40. The molecule has 214 valence electrons. The number of carbonyl (C=O) groups excluding carboxylic acids is 1. The molecule has 0 spiro atoms. The summed E-state index contributed by atoms with van der Waals surface area (Å²) in [5.41, 5.74) is 5.51. The van der Waals surface area contributed by atoms with Gasteiger partial charge >= 0.3 is 0 Å². The molecule has 1 aromatic heterocycles. The quantitative estimate of drug-likeness (QED) is 0.340. The summed E-state index contributed by atoms with van der Waals surface area (Å²) in [5, 5.41) is 8.41. The van der Waals surface area contributed by atoms with Gasteiger partial charge in [-0.2, -0.15) is 9.89 Å². The van der Waals surface area contributed by atoms with Crippen molar-refractivity contribution in [2.75, 3.05) is 55.2 Å². The number of ether oxygens (including phenoxy) is 2. The van der Waals surface area contributed by atoms with Crippen LogP contribution in [0.2, 0.25) is 0 Å². The van der Waals surface area contributed by atoms with Gasteiger partial charge in [0.2, 0.25) is 9.84 Å². The molecule has 1 amide bonds. The molecule has 41 heavy (non-hydrogen) atoms. The summed E-state index contributed by atoms with van der Waals surface area (Å²) in [7, 11) is -3.94. The first-order valence-electron chi connectivity index (χ1n) is 13.5. The molecular weight excluding hydrogens is 549 g/mol. The molecule has 0 bridgehead atoms. The number of aromatic nitrogens is 2. The molecule has 0 saturated carbocycles. The van der Waals surface area contributed by atoms with Gasteiger partial charge in [-0.25, -0.2) is 18.2 Å². The average molecular weight is 580 g/mol. The molecule has 2 aliphatic rings. The van der Waals surface area contributed by atoms with Gasteiger partial charge in [0.15, 0.2) is 0 Å². The van der Waals surface area contributed by atoms with Crippen LogP contribution < -0.4 is 15.6 Å². The number of morpholine rings is 1. The number of halogens is 1. The van der Waals surface area contributed by atoms with Crippen molar-refractivity contribution in [3.05, 3.63) is 78.2 Å². The molecule has 0 atom stereocenters. The second kappa shape index (κ2) is 11.5. The van der Waals surface area contributed by atoms with E-state index < -0.39 is 15.7 Å². The maximum atomic E-state index is 13.7. The van der Waals surface area contributed by atoms with Crippen molar-refractivity contribution in [2.45, 2.75) is 28.7 Å². The molecule has 2 fully saturated rings. The Kier molecular flexibility index (Phi) is 7.61. The predicted octanol–water partition coefficient (Wildman–Crippen LogP) is 3.82. The van der Waals surface area contributed by atoms with Crippen molar-refractivity contribution in [3.8, 4) is 0 Å². The Labute approximate surface area is 236 Å². The fourth-order valence-electron chi connectivity index (χ4n) is 5.19. The summed E-state index contributed by atoms with van der Waals surface area (Å²) in [6.45, 7) is 3.99. The second-order valence-corrected chi connectivity index (χ2v) is 12.0. The third kappa shape index (κ3) is 5.63. The van der Waals surface area contributed by atoms with Crippen LogP contribution in [0.1, 0.15) is 23.2 Å². The minimum absolute atomic E-state index is 0.00244. The number of amides is 1. The number of hydrogen-bond donors (Lipinski definition) is 2. The monoisotopic (exact) mass is 579 g/mol. The zero-order valence-electron chi connectivity index (χ0n) is 22.3. The first-order chi connectivity index (χ1) is 19.9. The fraction of sp³-hybridized carbons (Fsp3) is 0.310. The Balaban J connectivity index is 1.30. The van der Waals surface area contributed by atoms with E-state index in [2.05, 4.69) is 20.7 Å². The number of para-hydroxylation sites is 1. The Morgan fingerprint density at radius 3 is 2.44 bits per heavy atom. The number of nitrogens with one attached hydrogen (secondary N) is 2. The summed E-state index contributed by atoms with van der Waals surface area (Å²) in [4.78, 5) is 17.1. The smallest absolute Gasteiger partial charge is 0.273 e. The number of anilines is 2. The van der Waals surface area contributed by atoms with E-state index in [1.54, 1.807) is 12.1 Å². The highest BCUT2D eigenvalue weighted by Crippen LogP contribution is 2.33. The number of sulfone groups is 1. The molecule has 4 aromatic rings. The van der Waals surface area contributed by atoms with Gasteiger partial charge in [-0.3, -0.25) is 4.79 Å². The van der Waals surface area contributed by atoms with E-state index in [0.717, 1.165) is 43.4 Å². The molecule has 3 heterocycles. The van der Waals surface area contributed by atoms with Crippen LogP contribution in [0, 0.1) is 5.82 Å². The first kappa shape index (κ1) is 27.2. The molecule has 2 aliphatic heterocycles. The lowest BCUT2D eigenvalue weighted by atomic mass is 10.0. The van der Waals surface area contributed by atoms with Gasteiger partial charge in [-0.05, 0) is 61.4 Å². The van der Waals surface area contributed by atoms with Crippen molar-refractivity contribution in [3.63, 3.8) is 0 Å². The lowest BCUT2D eigenvalue weighted by molar-refractivity contribution is 0.0904. The van der Waals surface area contributed by atoms with Crippen LogP contribution >= 0.6 is 0 Å². The van der Waals surface area contributed by atoms with Crippen molar-refractivity contribution in [1.29, 1.82) is 0 Å². The Bertz CT molecular complexity index is 1680. The number of fused-ring (bicyclic) bond motifs is 1. The van der Waals surface area contributed by atoms with Gasteiger partial charge in [0.25, 0.3) is 5.91 Å². The first-order valence-corrected chi connectivity index (χ1v) is 15.0. The zero-order valence-corrected chi connectivity index (χ0v) is 23.1. The number of carbonyl (C=O) groups is 1. The van der Waals surface area contributed by atoms with E-state index in [9.17, 15) is 17.6 Å². The molecule has 12 heteroatoms. The van der Waals surface area contributed by atoms with Crippen LogP contribution in [-0.2, 0) is 19.3 Å². The van der Waals surface area contributed by atoms with Gasteiger partial charge in [0.1, 0.15) is 5.82 Å². The minimum atomic E-state index is -3.94. The number of benzene rings is 3. The number of rotatable bonds is 7. The molecule has 0 radical (unpaired) electrons. The standard InChI is InChI=1S/C29H30FN5O5S/c30-21-3-1-4-23(18-21)41(37,38)24-7-8-26-20(17-24)19-31-35(26)33-29(36)25-5-2-6-27(34-11-15-40-16-12-34)28(25)32-22-9-13-39-14-10-22/h1-8,17-19,22,32H,9-16H2,(H,33,36). The normalized spacial score (nSPS) is 16.6. The highest BCUT2D eigenvalue weighted by atomic mass is 32.2. The van der Waals surface area contributed by atoms with E-state index in [-0.39, 0.29) is 21.7 Å². The van der Waals surface area contributed by atoms with Crippen molar-refractivity contribution < 1.29 is 27.1 Å².